The number of nitrogens with two attached hydrogens (primary N) is 1. The van der Waals surface area contributed by atoms with Gasteiger partial charge in [0.15, 0.2) is 5.17 Å². The van der Waals surface area contributed by atoms with Crippen LogP contribution >= 0.6 is 11.8 Å². The summed E-state index contributed by atoms with van der Waals surface area (Å²) < 4.78 is 35.2. The van der Waals surface area contributed by atoms with Gasteiger partial charge in [0.2, 0.25) is 5.88 Å². The molecule has 1 aromatic heterocycles. The summed E-state index contributed by atoms with van der Waals surface area (Å²) >= 11 is 1.10. The number of alkyl halides is 1. The Labute approximate surface area is 186 Å². The molecule has 1 amide bonds. The van der Waals surface area contributed by atoms with E-state index in [0.29, 0.717) is 0 Å². The Kier molecular flexibility index (Phi) is 6.36. The molecule has 2 heterocycles. The predicted molar refractivity (Wildman–Crippen MR) is 126 cm³/mol. The van der Waals surface area contributed by atoms with E-state index in [0.717, 1.165) is 17.8 Å². The van der Waals surface area contributed by atoms with Crippen molar-refractivity contribution >= 4 is 52.1 Å². The van der Waals surface area contributed by atoms with Gasteiger partial charge < -0.3 is 15.8 Å². The Hall–Kier alpha value is -2.56. The summed E-state index contributed by atoms with van der Waals surface area (Å²) in [7, 11) is 5.61. The van der Waals surface area contributed by atoms with E-state index in [1.54, 1.807) is 6.92 Å². The number of nitrogens with zero attached hydrogens (tertiary/aromatic N) is 3. The normalized spacial score (nSPS) is 23.7. The van der Waals surface area contributed by atoms with Crippen molar-refractivity contribution in [3.05, 3.63) is 47.7 Å². The van der Waals surface area contributed by atoms with Crippen LogP contribution in [0.25, 0.3) is 0 Å². The molecule has 0 saturated carbocycles. The molecule has 0 spiro atoms. The molecule has 3 rings (SSSR count). The molecule has 3 atom stereocenters. The monoisotopic (exact) mass is 443 g/mol. The highest BCUT2D eigenvalue weighted by Crippen LogP contribution is 2.42. The van der Waals surface area contributed by atoms with Crippen LogP contribution in [0.2, 0.25) is 0 Å². The highest BCUT2D eigenvalue weighted by atomic mass is 32.2. The first-order valence-electron chi connectivity index (χ1n) is 9.67. The summed E-state index contributed by atoms with van der Waals surface area (Å²) in [5, 5.41) is 1.87. The van der Waals surface area contributed by atoms with Crippen molar-refractivity contribution in [2.45, 2.75) is 36.1 Å². The number of aliphatic imine (C=N–C) groups is 1. The van der Waals surface area contributed by atoms with Gasteiger partial charge in [0.05, 0.1) is 12.4 Å². The maximum Gasteiger partial charge on any atom is 0.275 e. The van der Waals surface area contributed by atoms with Crippen molar-refractivity contribution in [1.29, 1.82) is 0 Å². The summed E-state index contributed by atoms with van der Waals surface area (Å²) in [6.45, 7) is 3.16. The van der Waals surface area contributed by atoms with Gasteiger partial charge in [-0.2, -0.15) is 0 Å². The zero-order chi connectivity index (χ0) is 23.0. The highest BCUT2D eigenvalue weighted by molar-refractivity contribution is 8.14. The fourth-order valence-corrected chi connectivity index (χ4v) is 4.23. The summed E-state index contributed by atoms with van der Waals surface area (Å²) in [6, 6.07) is 3.91. The van der Waals surface area contributed by atoms with Crippen LogP contribution < -0.4 is 15.8 Å². The number of carbonyl (C=O) groups is 1. The number of thioether (sulfide) groups is 1. The van der Waals surface area contributed by atoms with E-state index in [4.69, 9.17) is 10.5 Å². The summed E-state index contributed by atoms with van der Waals surface area (Å²) in [4.78, 5) is 24.9. The van der Waals surface area contributed by atoms with Gasteiger partial charge in [-0.05, 0) is 32.0 Å². The van der Waals surface area contributed by atoms with Gasteiger partial charge in [0, 0.05) is 21.8 Å². The molecule has 2 aromatic rings. The molecule has 0 bridgehead atoms. The third-order valence-electron chi connectivity index (χ3n) is 4.64. The van der Waals surface area contributed by atoms with E-state index in [1.165, 1.54) is 31.5 Å². The van der Waals surface area contributed by atoms with E-state index < -0.39 is 34.0 Å². The first-order valence-corrected chi connectivity index (χ1v) is 10.6. The van der Waals surface area contributed by atoms with Gasteiger partial charge in [-0.3, -0.25) is 4.79 Å². The van der Waals surface area contributed by atoms with Gasteiger partial charge in [-0.1, -0.05) is 11.8 Å². The average molecular weight is 443 g/mol. The zero-order valence-electron chi connectivity index (χ0n) is 17.9. The van der Waals surface area contributed by atoms with Crippen molar-refractivity contribution in [2.24, 2.45) is 10.7 Å². The van der Waals surface area contributed by atoms with Gasteiger partial charge in [0.25, 0.3) is 5.91 Å². The van der Waals surface area contributed by atoms with Crippen molar-refractivity contribution in [1.82, 2.24) is 9.97 Å². The number of aromatic nitrogens is 2. The number of rotatable bonds is 5. The van der Waals surface area contributed by atoms with Crippen molar-refractivity contribution < 1.29 is 18.3 Å². The Morgan fingerprint density at radius 2 is 2.03 bits per heavy atom. The SMILES string of the molecule is BC(B)(B)Oc1cnc(C(=O)Nc2ccc(F)c([C@@]3(C)N=C(N)S[C@H](C)[C@@H]3F)c2)cn1. The number of amidine groups is 1. The Morgan fingerprint density at radius 3 is 2.65 bits per heavy atom. The molecular weight excluding hydrogens is 421 g/mol. The highest BCUT2D eigenvalue weighted by Gasteiger charge is 2.45. The fraction of sp³-hybridized carbons (Fsp3) is 0.333. The summed E-state index contributed by atoms with van der Waals surface area (Å²) in [6.07, 6.45) is 1.17. The fourth-order valence-electron chi connectivity index (χ4n) is 3.22. The minimum absolute atomic E-state index is 0.00732. The summed E-state index contributed by atoms with van der Waals surface area (Å²) in [5.41, 5.74) is 4.64. The van der Waals surface area contributed by atoms with E-state index >= 15 is 4.39 Å². The third-order valence-corrected chi connectivity index (χ3v) is 5.58. The molecule has 1 aromatic carbocycles. The van der Waals surface area contributed by atoms with Gasteiger partial charge in [-0.25, -0.2) is 23.7 Å². The molecule has 0 unspecified atom stereocenters. The van der Waals surface area contributed by atoms with Crippen molar-refractivity contribution in [2.75, 3.05) is 5.32 Å². The molecule has 0 fully saturated rings. The first-order chi connectivity index (χ1) is 14.4. The molecule has 7 nitrogen and oxygen atoms in total. The number of anilines is 1. The number of hydrogen-bond donors (Lipinski definition) is 2. The molecule has 160 valence electrons. The maximum atomic E-state index is 15.0. The molecule has 31 heavy (non-hydrogen) atoms. The topological polar surface area (TPSA) is 102 Å². The lowest BCUT2D eigenvalue weighted by molar-refractivity contribution is 0.102. The number of halogens is 2. The molecular formula is C18H22B3F2N5O2S. The number of benzene rings is 1. The number of nitrogens with one attached hydrogen (secondary N) is 1. The molecule has 0 saturated heterocycles. The maximum absolute atomic E-state index is 15.0. The number of amides is 1. The second-order valence-electron chi connectivity index (χ2n) is 8.43. The number of hydrogen-bond acceptors (Lipinski definition) is 7. The lowest BCUT2D eigenvalue weighted by Gasteiger charge is -2.37. The van der Waals surface area contributed by atoms with Crippen LogP contribution in [0.15, 0.2) is 35.6 Å². The van der Waals surface area contributed by atoms with Crippen LogP contribution in [-0.2, 0) is 5.54 Å². The van der Waals surface area contributed by atoms with Crippen LogP contribution in [0.1, 0.15) is 29.9 Å². The Bertz CT molecular complexity index is 1020. The zero-order valence-corrected chi connectivity index (χ0v) is 18.8. The second-order valence-corrected chi connectivity index (χ2v) is 9.82. The van der Waals surface area contributed by atoms with Gasteiger partial charge in [-0.15, -0.1) is 0 Å². The predicted octanol–water partition coefficient (Wildman–Crippen LogP) is -0.239. The lowest BCUT2D eigenvalue weighted by atomic mass is 9.52. The average Bonchev–Trinajstić information content (AvgIpc) is 2.66. The van der Waals surface area contributed by atoms with Gasteiger partial charge in [0.1, 0.15) is 46.8 Å². The lowest BCUT2D eigenvalue weighted by Crippen LogP contribution is -2.44. The van der Waals surface area contributed by atoms with Crippen molar-refractivity contribution in [3.63, 3.8) is 0 Å². The standard InChI is InChI=1S/C18H22B3F2N5O2S/c1-8-14(23)17(2,28-16(24)31-8)10-5-9(3-4-11(10)22)27-15(29)12-6-26-13(7-25-12)30-18(19,20)21/h3-8,14H,19-21H2,1-2H3,(H2,24,28)(H,27,29)/t8-,14+,17-/m1/s1. The van der Waals surface area contributed by atoms with Crippen LogP contribution in [0.4, 0.5) is 14.5 Å². The summed E-state index contributed by atoms with van der Waals surface area (Å²) in [5.74, 6) is -0.901. The number of carbonyl (C=O) groups excluding carboxylic acids is 1. The molecule has 13 heteroatoms. The van der Waals surface area contributed by atoms with E-state index in [9.17, 15) is 9.18 Å². The van der Waals surface area contributed by atoms with Gasteiger partial charge >= 0.3 is 0 Å². The Balaban J connectivity index is 1.84. The van der Waals surface area contributed by atoms with Crippen LogP contribution in [0.5, 0.6) is 5.88 Å². The molecule has 1 aliphatic rings. The second kappa shape index (κ2) is 8.53. The first kappa shape index (κ1) is 23.1. The van der Waals surface area contributed by atoms with Crippen LogP contribution in [0, 0.1) is 5.82 Å². The van der Waals surface area contributed by atoms with E-state index in [-0.39, 0.29) is 28.0 Å². The van der Waals surface area contributed by atoms with Crippen molar-refractivity contribution in [3.8, 4) is 5.88 Å². The van der Waals surface area contributed by atoms with E-state index in [1.807, 2.05) is 23.5 Å². The molecule has 0 radical (unpaired) electrons. The molecule has 0 aliphatic carbocycles. The van der Waals surface area contributed by atoms with E-state index in [2.05, 4.69) is 20.3 Å². The minimum Gasteiger partial charge on any atom is -0.498 e. The minimum atomic E-state index is -1.51. The van der Waals surface area contributed by atoms with Crippen LogP contribution in [0.3, 0.4) is 0 Å². The number of ether oxygens (including phenoxy) is 1. The quantitative estimate of drug-likeness (QED) is 0.620. The molecule has 3 N–H and O–H groups in total. The van der Waals surface area contributed by atoms with Crippen LogP contribution in [-0.4, -0.2) is 61.3 Å². The smallest absolute Gasteiger partial charge is 0.275 e. The third kappa shape index (κ3) is 5.20. The molecule has 1 aliphatic heterocycles. The largest absolute Gasteiger partial charge is 0.498 e. The Morgan fingerprint density at radius 1 is 1.32 bits per heavy atom.